The Bertz CT molecular complexity index is 285. The molecule has 0 aromatic heterocycles. The number of allylic oxidation sites excluding steroid dienone is 2. The third-order valence-corrected chi connectivity index (χ3v) is 1.45. The summed E-state index contributed by atoms with van der Waals surface area (Å²) < 4.78 is 0. The lowest BCUT2D eigenvalue weighted by Crippen LogP contribution is -1.77. The van der Waals surface area contributed by atoms with Gasteiger partial charge in [-0.05, 0) is 12.0 Å². The van der Waals surface area contributed by atoms with Gasteiger partial charge in [0.1, 0.15) is 0 Å². The van der Waals surface area contributed by atoms with Crippen LogP contribution in [0.15, 0.2) is 42.5 Å². The zero-order valence-corrected chi connectivity index (χ0v) is 8.35. The summed E-state index contributed by atoms with van der Waals surface area (Å²) >= 11 is 0. The van der Waals surface area contributed by atoms with Crippen LogP contribution < -0.4 is 0 Å². The summed E-state index contributed by atoms with van der Waals surface area (Å²) in [7, 11) is 0. The van der Waals surface area contributed by atoms with Crippen molar-refractivity contribution in [3.05, 3.63) is 48.0 Å². The van der Waals surface area contributed by atoms with Crippen molar-refractivity contribution in [2.45, 2.75) is 20.0 Å². The lowest BCUT2D eigenvalue weighted by atomic mass is 10.2. The van der Waals surface area contributed by atoms with Gasteiger partial charge >= 0.3 is 0 Å². The summed E-state index contributed by atoms with van der Waals surface area (Å²) in [6, 6.07) is 11.4. The number of nitrogens with zero attached hydrogens (tertiary/aromatic N) is 1. The van der Waals surface area contributed by atoms with Gasteiger partial charge in [0.05, 0.1) is 12.7 Å². The summed E-state index contributed by atoms with van der Waals surface area (Å²) in [5.74, 6) is 0. The molecular formula is C12H15NO. The second-order valence-corrected chi connectivity index (χ2v) is 2.58. The normalized spacial score (nSPS) is 8.93. The average molecular weight is 189 g/mol. The van der Waals surface area contributed by atoms with Gasteiger partial charge in [0.15, 0.2) is 0 Å². The van der Waals surface area contributed by atoms with E-state index < -0.39 is 0 Å². The van der Waals surface area contributed by atoms with Crippen LogP contribution in [0.25, 0.3) is 0 Å². The quantitative estimate of drug-likeness (QED) is 0.727. The van der Waals surface area contributed by atoms with Crippen LogP contribution in [0.1, 0.15) is 18.9 Å². The van der Waals surface area contributed by atoms with Crippen molar-refractivity contribution in [3.8, 4) is 6.07 Å². The number of rotatable bonds is 2. The largest absolute Gasteiger partial charge is 0.392 e. The molecule has 14 heavy (non-hydrogen) atoms. The van der Waals surface area contributed by atoms with Crippen molar-refractivity contribution in [1.29, 1.82) is 5.26 Å². The molecule has 0 aliphatic heterocycles. The zero-order chi connectivity index (χ0) is 10.6. The molecule has 0 bridgehead atoms. The summed E-state index contributed by atoms with van der Waals surface area (Å²) in [6.07, 6.45) is 4.26. The molecule has 0 radical (unpaired) electrons. The number of benzene rings is 1. The Kier molecular flexibility index (Phi) is 8.42. The van der Waals surface area contributed by atoms with Gasteiger partial charge < -0.3 is 5.11 Å². The molecule has 0 saturated heterocycles. The van der Waals surface area contributed by atoms with E-state index in [1.165, 1.54) is 6.08 Å². The lowest BCUT2D eigenvalue weighted by molar-refractivity contribution is 0.282. The van der Waals surface area contributed by atoms with Crippen LogP contribution in [0, 0.1) is 11.3 Å². The highest BCUT2D eigenvalue weighted by molar-refractivity contribution is 5.12. The van der Waals surface area contributed by atoms with E-state index in [4.69, 9.17) is 10.4 Å². The van der Waals surface area contributed by atoms with E-state index in [1.807, 2.05) is 49.4 Å². The second kappa shape index (κ2) is 9.50. The molecule has 2 nitrogen and oxygen atoms in total. The van der Waals surface area contributed by atoms with Gasteiger partial charge in [-0.15, -0.1) is 0 Å². The highest BCUT2D eigenvalue weighted by atomic mass is 16.3. The van der Waals surface area contributed by atoms with Gasteiger partial charge in [0.25, 0.3) is 0 Å². The molecule has 0 heterocycles. The fourth-order valence-corrected chi connectivity index (χ4v) is 0.754. The number of aliphatic hydroxyl groups is 1. The van der Waals surface area contributed by atoms with Crippen molar-refractivity contribution < 1.29 is 5.11 Å². The molecular weight excluding hydrogens is 174 g/mol. The first-order valence-electron chi connectivity index (χ1n) is 4.54. The number of hydrogen-bond acceptors (Lipinski definition) is 2. The van der Waals surface area contributed by atoms with Gasteiger partial charge in [-0.1, -0.05) is 43.3 Å². The first-order valence-corrected chi connectivity index (χ1v) is 4.54. The summed E-state index contributed by atoms with van der Waals surface area (Å²) in [4.78, 5) is 0. The van der Waals surface area contributed by atoms with E-state index in [0.29, 0.717) is 0 Å². The van der Waals surface area contributed by atoms with Gasteiger partial charge in [-0.25, -0.2) is 0 Å². The van der Waals surface area contributed by atoms with Gasteiger partial charge in [0.2, 0.25) is 0 Å². The third kappa shape index (κ3) is 7.08. The van der Waals surface area contributed by atoms with Crippen LogP contribution in [-0.4, -0.2) is 5.11 Å². The minimum atomic E-state index is 0.140. The smallest absolute Gasteiger partial charge is 0.0908 e. The van der Waals surface area contributed by atoms with Gasteiger partial charge in [-0.3, -0.25) is 0 Å². The number of aliphatic hydroxyl groups excluding tert-OH is 1. The Morgan fingerprint density at radius 2 is 2.00 bits per heavy atom. The summed E-state index contributed by atoms with van der Waals surface area (Å²) in [5.41, 5.74) is 0.965. The molecule has 1 aromatic carbocycles. The predicted molar refractivity (Wildman–Crippen MR) is 57.4 cm³/mol. The molecule has 0 amide bonds. The SMILES string of the molecule is CCC=CC#N.OCc1ccccc1. The highest BCUT2D eigenvalue weighted by Gasteiger charge is 1.81. The molecule has 1 N–H and O–H groups in total. The van der Waals surface area contributed by atoms with Crippen LogP contribution in [0.5, 0.6) is 0 Å². The summed E-state index contributed by atoms with van der Waals surface area (Å²) in [5, 5.41) is 16.4. The Morgan fingerprint density at radius 1 is 1.36 bits per heavy atom. The van der Waals surface area contributed by atoms with Gasteiger partial charge in [-0.2, -0.15) is 5.26 Å². The van der Waals surface area contributed by atoms with Crippen molar-refractivity contribution in [1.82, 2.24) is 0 Å². The van der Waals surface area contributed by atoms with Crippen molar-refractivity contribution in [3.63, 3.8) is 0 Å². The fraction of sp³-hybridized carbons (Fsp3) is 0.250. The average Bonchev–Trinajstić information content (AvgIpc) is 2.28. The fourth-order valence-electron chi connectivity index (χ4n) is 0.754. The van der Waals surface area contributed by atoms with E-state index in [0.717, 1.165) is 12.0 Å². The minimum Gasteiger partial charge on any atom is -0.392 e. The van der Waals surface area contributed by atoms with Crippen LogP contribution in [-0.2, 0) is 6.61 Å². The molecule has 1 aromatic rings. The van der Waals surface area contributed by atoms with Crippen molar-refractivity contribution in [2.24, 2.45) is 0 Å². The van der Waals surface area contributed by atoms with Crippen molar-refractivity contribution in [2.75, 3.05) is 0 Å². The molecule has 74 valence electrons. The third-order valence-electron chi connectivity index (χ3n) is 1.45. The van der Waals surface area contributed by atoms with Crippen LogP contribution in [0.3, 0.4) is 0 Å². The van der Waals surface area contributed by atoms with Gasteiger partial charge in [0, 0.05) is 6.08 Å². The Labute approximate surface area is 85.1 Å². The van der Waals surface area contributed by atoms with Crippen LogP contribution in [0.4, 0.5) is 0 Å². The molecule has 0 aliphatic carbocycles. The maximum absolute atomic E-state index is 8.54. The van der Waals surface area contributed by atoms with E-state index in [9.17, 15) is 0 Å². The highest BCUT2D eigenvalue weighted by Crippen LogP contribution is 1.95. The van der Waals surface area contributed by atoms with Crippen LogP contribution >= 0.6 is 0 Å². The monoisotopic (exact) mass is 189 g/mol. The van der Waals surface area contributed by atoms with E-state index >= 15 is 0 Å². The molecule has 0 atom stereocenters. The number of nitriles is 1. The maximum atomic E-state index is 8.54. The molecule has 0 saturated carbocycles. The topological polar surface area (TPSA) is 44.0 Å². The van der Waals surface area contributed by atoms with E-state index in [1.54, 1.807) is 0 Å². The Balaban J connectivity index is 0.000000255. The first-order chi connectivity index (χ1) is 6.85. The molecule has 0 aliphatic rings. The zero-order valence-electron chi connectivity index (χ0n) is 8.35. The molecule has 0 fully saturated rings. The number of hydrogen-bond donors (Lipinski definition) is 1. The lowest BCUT2D eigenvalue weighted by Gasteiger charge is -1.89. The molecule has 2 heteroatoms. The van der Waals surface area contributed by atoms with E-state index in [2.05, 4.69) is 0 Å². The second-order valence-electron chi connectivity index (χ2n) is 2.58. The Hall–Kier alpha value is -1.59. The summed E-state index contributed by atoms with van der Waals surface area (Å²) in [6.45, 7) is 2.13. The standard InChI is InChI=1S/C7H8O.C5H7N/c8-6-7-4-2-1-3-5-7;1-2-3-4-5-6/h1-5,8H,6H2;3-4H,2H2,1H3. The Morgan fingerprint density at radius 3 is 2.29 bits per heavy atom. The molecule has 0 unspecified atom stereocenters. The minimum absolute atomic E-state index is 0.140. The first kappa shape index (κ1) is 12.4. The predicted octanol–water partition coefficient (Wildman–Crippen LogP) is 2.66. The van der Waals surface area contributed by atoms with E-state index in [-0.39, 0.29) is 6.61 Å². The maximum Gasteiger partial charge on any atom is 0.0908 e. The molecule has 1 rings (SSSR count). The van der Waals surface area contributed by atoms with Crippen molar-refractivity contribution >= 4 is 0 Å². The molecule has 0 spiro atoms. The van der Waals surface area contributed by atoms with Crippen LogP contribution in [0.2, 0.25) is 0 Å².